The van der Waals surface area contributed by atoms with Crippen molar-refractivity contribution < 1.29 is 41.7 Å². The summed E-state index contributed by atoms with van der Waals surface area (Å²) in [5.41, 5.74) is 0.268. The van der Waals surface area contributed by atoms with Gasteiger partial charge in [0.25, 0.3) is 5.91 Å². The van der Waals surface area contributed by atoms with E-state index in [0.29, 0.717) is 31.6 Å². The number of carbonyl (C=O) groups is 1. The van der Waals surface area contributed by atoms with Crippen molar-refractivity contribution >= 4 is 17.4 Å². The summed E-state index contributed by atoms with van der Waals surface area (Å²) < 4.78 is 78.6. The van der Waals surface area contributed by atoms with Crippen LogP contribution in [0.5, 0.6) is 0 Å². The monoisotopic (exact) mass is 468 g/mol. The highest BCUT2D eigenvalue weighted by molar-refractivity contribution is 5.97. The molecule has 1 amide bonds. The van der Waals surface area contributed by atoms with Gasteiger partial charge in [-0.1, -0.05) is 0 Å². The number of piperidine rings is 1. The van der Waals surface area contributed by atoms with Gasteiger partial charge in [0.05, 0.1) is 18.1 Å². The molecule has 176 valence electrons. The van der Waals surface area contributed by atoms with Crippen LogP contribution < -0.4 is 10.2 Å². The van der Waals surface area contributed by atoms with Crippen LogP contribution in [0.25, 0.3) is 0 Å². The second kappa shape index (κ2) is 8.20. The number of fused-ring (bicyclic) bond motifs is 1. The predicted octanol–water partition coefficient (Wildman–Crippen LogP) is 1.74. The van der Waals surface area contributed by atoms with Gasteiger partial charge in [-0.25, -0.2) is 9.97 Å². The number of anilines is 2. The van der Waals surface area contributed by atoms with Crippen LogP contribution >= 0.6 is 0 Å². The molecule has 0 radical (unpaired) electrons. The molecule has 32 heavy (non-hydrogen) atoms. The van der Waals surface area contributed by atoms with Gasteiger partial charge in [0, 0.05) is 30.3 Å². The molecular weight excluding hydrogens is 450 g/mol. The lowest BCUT2D eigenvalue weighted by atomic mass is 9.83. The number of rotatable bonds is 2. The molecule has 0 aromatic carbocycles. The van der Waals surface area contributed by atoms with Gasteiger partial charge in [0.15, 0.2) is 5.82 Å². The summed E-state index contributed by atoms with van der Waals surface area (Å²) in [7, 11) is 0. The van der Waals surface area contributed by atoms with Crippen LogP contribution in [0.2, 0.25) is 0 Å². The number of aliphatic hydroxyl groups excluding tert-OH is 1. The van der Waals surface area contributed by atoms with Gasteiger partial charge in [-0.2, -0.15) is 31.4 Å². The van der Waals surface area contributed by atoms with Crippen molar-refractivity contribution in [3.63, 3.8) is 0 Å². The minimum atomic E-state index is -4.86. The molecule has 0 unspecified atom stereocenters. The lowest BCUT2D eigenvalue weighted by Crippen LogP contribution is -2.44. The third-order valence-corrected chi connectivity index (χ3v) is 5.48. The number of aromatic nitrogens is 4. The van der Waals surface area contributed by atoms with E-state index >= 15 is 0 Å². The number of halogens is 6. The first-order valence-electron chi connectivity index (χ1n) is 9.24. The van der Waals surface area contributed by atoms with Crippen molar-refractivity contribution in [1.82, 2.24) is 20.2 Å². The molecule has 0 aliphatic carbocycles. The zero-order valence-corrected chi connectivity index (χ0v) is 16.1. The van der Waals surface area contributed by atoms with Gasteiger partial charge < -0.3 is 20.8 Å². The topological polar surface area (TPSA) is 139 Å². The van der Waals surface area contributed by atoms with Crippen molar-refractivity contribution in [3.05, 3.63) is 29.5 Å². The molecule has 15 heteroatoms. The highest BCUT2D eigenvalue weighted by Crippen LogP contribution is 2.47. The molecule has 0 saturated carbocycles. The third-order valence-electron chi connectivity index (χ3n) is 5.48. The van der Waals surface area contributed by atoms with Gasteiger partial charge >= 0.3 is 12.4 Å². The highest BCUT2D eigenvalue weighted by Gasteiger charge is 2.53. The third kappa shape index (κ3) is 4.21. The fourth-order valence-electron chi connectivity index (χ4n) is 3.99. The zero-order valence-electron chi connectivity index (χ0n) is 16.1. The van der Waals surface area contributed by atoms with Gasteiger partial charge in [-0.3, -0.25) is 9.89 Å². The summed E-state index contributed by atoms with van der Waals surface area (Å²) in [5.74, 6) is -5.47. The molecule has 0 bridgehead atoms. The summed E-state index contributed by atoms with van der Waals surface area (Å²) >= 11 is 0. The second-order valence-corrected chi connectivity index (χ2v) is 7.38. The van der Waals surface area contributed by atoms with E-state index in [1.54, 1.807) is 4.90 Å². The summed E-state index contributed by atoms with van der Waals surface area (Å²) in [5, 5.41) is 18.4. The van der Waals surface area contributed by atoms with E-state index in [1.807, 2.05) is 0 Å². The maximum Gasteiger partial charge on any atom is 0.451 e. The molecule has 2 aromatic rings. The first-order valence-corrected chi connectivity index (χ1v) is 9.24. The number of hydrogen-bond acceptors (Lipinski definition) is 6. The van der Waals surface area contributed by atoms with Crippen molar-refractivity contribution in [3.8, 4) is 0 Å². The fraction of sp³-hybridized carbons (Fsp3) is 0.529. The number of amides is 1. The van der Waals surface area contributed by atoms with E-state index in [9.17, 15) is 36.2 Å². The average Bonchev–Trinajstić information content (AvgIpc) is 3.10. The molecule has 2 aromatic heterocycles. The van der Waals surface area contributed by atoms with Crippen LogP contribution in [0.1, 0.15) is 41.8 Å². The van der Waals surface area contributed by atoms with Gasteiger partial charge in [-0.05, 0) is 12.8 Å². The molecular formula is C17H18F6N6O3. The maximum atomic E-state index is 13.6. The van der Waals surface area contributed by atoms with Gasteiger partial charge in [-0.15, -0.1) is 0 Å². The number of H-pyrrole nitrogens is 1. The summed E-state index contributed by atoms with van der Waals surface area (Å²) in [6, 6.07) is 0. The van der Waals surface area contributed by atoms with E-state index in [1.165, 1.54) is 0 Å². The Hall–Kier alpha value is -2.94. The van der Waals surface area contributed by atoms with E-state index in [0.717, 1.165) is 12.4 Å². The summed E-state index contributed by atoms with van der Waals surface area (Å²) in [6.45, 7) is 0.664. The molecule has 4 heterocycles. The predicted molar refractivity (Wildman–Crippen MR) is 96.9 cm³/mol. The smallest absolute Gasteiger partial charge is 0.412 e. The molecule has 0 spiro atoms. The Kier molecular flexibility index (Phi) is 6.08. The number of carbonyl (C=O) groups excluding carboxylic acids is 1. The Morgan fingerprint density at radius 1 is 1.06 bits per heavy atom. The quantitative estimate of drug-likeness (QED) is 0.574. The van der Waals surface area contributed by atoms with Crippen molar-refractivity contribution in [2.75, 3.05) is 23.3 Å². The SMILES string of the molecule is O.O=C1Nc2n[nH]c(C3CCN(c4cnc(C(F)(F)F)nc4)CC3)c2[C@@H](C(F)(F)F)[C@H]1O. The Balaban J connectivity index is 0.00000289. The van der Waals surface area contributed by atoms with Crippen LogP contribution in [0.15, 0.2) is 12.4 Å². The summed E-state index contributed by atoms with van der Waals surface area (Å²) in [4.78, 5) is 20.0. The van der Waals surface area contributed by atoms with Crippen LogP contribution in [0, 0.1) is 0 Å². The van der Waals surface area contributed by atoms with Crippen molar-refractivity contribution in [1.29, 1.82) is 0 Å². The first-order chi connectivity index (χ1) is 14.5. The number of hydrogen-bond donors (Lipinski definition) is 3. The summed E-state index contributed by atoms with van der Waals surface area (Å²) in [6.07, 6.45) is -8.95. The standard InChI is InChI=1S/C17H16F6N6O2.H2O/c18-16(19,20)10-9-11(27-28-13(9)26-14(31)12(10)30)7-1-3-29(4-2-7)8-5-24-15(25-6-8)17(21,22)23;/h5-7,10,12,30H,1-4H2,(H2,26,27,28,31);1H2/t10-,12-;/m1./s1. The number of aromatic amines is 1. The molecule has 5 N–H and O–H groups in total. The zero-order chi connectivity index (χ0) is 22.6. The Labute approximate surface area is 176 Å². The van der Waals surface area contributed by atoms with E-state index in [4.69, 9.17) is 0 Å². The maximum absolute atomic E-state index is 13.6. The second-order valence-electron chi connectivity index (χ2n) is 7.38. The molecule has 9 nitrogen and oxygen atoms in total. The lowest BCUT2D eigenvalue weighted by molar-refractivity contribution is -0.177. The molecule has 1 saturated heterocycles. The lowest BCUT2D eigenvalue weighted by Gasteiger charge is -2.35. The molecule has 4 rings (SSSR count). The Morgan fingerprint density at radius 3 is 2.19 bits per heavy atom. The minimum absolute atomic E-state index is 0. The van der Waals surface area contributed by atoms with Crippen LogP contribution in [0.3, 0.4) is 0 Å². The number of nitrogens with zero attached hydrogens (tertiary/aromatic N) is 4. The first kappa shape index (κ1) is 23.7. The van der Waals surface area contributed by atoms with Gasteiger partial charge in [0.1, 0.15) is 12.0 Å². The fourth-order valence-corrected chi connectivity index (χ4v) is 3.99. The van der Waals surface area contributed by atoms with Crippen LogP contribution in [-0.2, 0) is 11.0 Å². The van der Waals surface area contributed by atoms with Crippen molar-refractivity contribution in [2.24, 2.45) is 0 Å². The van der Waals surface area contributed by atoms with E-state index < -0.39 is 36.1 Å². The normalized spacial score (nSPS) is 22.2. The highest BCUT2D eigenvalue weighted by atomic mass is 19.4. The van der Waals surface area contributed by atoms with E-state index in [2.05, 4.69) is 25.5 Å². The average molecular weight is 468 g/mol. The number of aliphatic hydroxyl groups is 1. The van der Waals surface area contributed by atoms with Crippen LogP contribution in [0.4, 0.5) is 37.8 Å². The Bertz CT molecular complexity index is 969. The molecule has 2 aliphatic rings. The minimum Gasteiger partial charge on any atom is -0.412 e. The largest absolute Gasteiger partial charge is 0.451 e. The molecule has 2 aliphatic heterocycles. The van der Waals surface area contributed by atoms with Crippen LogP contribution in [-0.4, -0.2) is 62.0 Å². The Morgan fingerprint density at radius 2 is 1.66 bits per heavy atom. The van der Waals surface area contributed by atoms with Crippen molar-refractivity contribution in [2.45, 2.75) is 43.1 Å². The van der Waals surface area contributed by atoms with Gasteiger partial charge in [0.2, 0.25) is 5.82 Å². The molecule has 2 atom stereocenters. The molecule has 1 fully saturated rings. The number of alkyl halides is 6. The number of nitrogens with one attached hydrogen (secondary N) is 2. The van der Waals surface area contributed by atoms with E-state index in [-0.39, 0.29) is 28.5 Å².